The van der Waals surface area contributed by atoms with Crippen LogP contribution in [0.4, 0.5) is 11.4 Å². The highest BCUT2D eigenvalue weighted by Crippen LogP contribution is 2.47. The van der Waals surface area contributed by atoms with Gasteiger partial charge in [-0.05, 0) is 107 Å². The molecule has 0 unspecified atom stereocenters. The van der Waals surface area contributed by atoms with Crippen LogP contribution < -0.4 is 5.32 Å². The number of hydrogen-bond donors (Lipinski definition) is 1. The molecule has 10 aromatic rings. The Balaban J connectivity index is 1.19. The molecule has 0 spiro atoms. The number of para-hydroxylation sites is 2. The topological polar surface area (TPSA) is 24.4 Å². The molecule has 10 rings (SSSR count). The number of fused-ring (bicyclic) bond motifs is 4. The van der Waals surface area contributed by atoms with Crippen LogP contribution in [0.15, 0.2) is 217 Å². The fraction of sp³-hybridized carbons (Fsp3) is 0. The minimum Gasteiger partial charge on any atom is -0.340 e. The Hall–Kier alpha value is -7.29. The van der Waals surface area contributed by atoms with Crippen LogP contribution in [0.2, 0.25) is 0 Å². The summed E-state index contributed by atoms with van der Waals surface area (Å²) >= 11 is 0. The Kier molecular flexibility index (Phi) is 8.20. The molecule has 0 atom stereocenters. The summed E-state index contributed by atoms with van der Waals surface area (Å²) in [5.41, 5.74) is 10.2. The van der Waals surface area contributed by atoms with E-state index in [2.05, 4.69) is 169 Å². The quantitative estimate of drug-likeness (QED) is 0.104. The Morgan fingerprint density at radius 3 is 1.44 bits per heavy atom. The first kappa shape index (κ1) is 32.4. The summed E-state index contributed by atoms with van der Waals surface area (Å²) in [6, 6.07) is 75.9. The van der Waals surface area contributed by atoms with Gasteiger partial charge in [0.2, 0.25) is 0 Å². The molecule has 0 aliphatic rings. The summed E-state index contributed by atoms with van der Waals surface area (Å²) in [7, 11) is 0. The molecular formula is C53H36N2. The van der Waals surface area contributed by atoms with Gasteiger partial charge >= 0.3 is 0 Å². The zero-order valence-electron chi connectivity index (χ0n) is 30.2. The van der Waals surface area contributed by atoms with Gasteiger partial charge in [-0.3, -0.25) is 0 Å². The van der Waals surface area contributed by atoms with Crippen LogP contribution >= 0.6 is 0 Å². The van der Waals surface area contributed by atoms with Crippen molar-refractivity contribution in [1.29, 1.82) is 0 Å². The smallest absolute Gasteiger partial charge is 0.138 e. The predicted octanol–water partition coefficient (Wildman–Crippen LogP) is 14.5. The highest BCUT2D eigenvalue weighted by molar-refractivity contribution is 6.25. The van der Waals surface area contributed by atoms with Gasteiger partial charge in [0.15, 0.2) is 0 Å². The molecule has 0 amide bonds. The zero-order valence-corrected chi connectivity index (χ0v) is 30.2. The lowest BCUT2D eigenvalue weighted by molar-refractivity contribution is 1.46. The largest absolute Gasteiger partial charge is 0.340 e. The average Bonchev–Trinajstić information content (AvgIpc) is 3.26. The summed E-state index contributed by atoms with van der Waals surface area (Å²) in [6.45, 7) is 0. The lowest BCUT2D eigenvalue weighted by Crippen LogP contribution is -2.13. The van der Waals surface area contributed by atoms with E-state index in [1.165, 1.54) is 65.3 Å². The molecule has 0 fully saturated rings. The Morgan fingerprint density at radius 1 is 0.345 bits per heavy atom. The van der Waals surface area contributed by atoms with E-state index >= 15 is 0 Å². The molecule has 0 aromatic heterocycles. The van der Waals surface area contributed by atoms with Crippen molar-refractivity contribution in [2.75, 3.05) is 5.32 Å². The number of hydrogen-bond acceptors (Lipinski definition) is 1. The summed E-state index contributed by atoms with van der Waals surface area (Å²) < 4.78 is 0. The highest BCUT2D eigenvalue weighted by atomic mass is 15.0. The van der Waals surface area contributed by atoms with E-state index in [-0.39, 0.29) is 0 Å². The van der Waals surface area contributed by atoms with E-state index < -0.39 is 0 Å². The number of nitrogens with zero attached hydrogens (tertiary/aromatic N) is 1. The first-order valence-electron chi connectivity index (χ1n) is 18.8. The van der Waals surface area contributed by atoms with Crippen molar-refractivity contribution < 1.29 is 0 Å². The second-order valence-corrected chi connectivity index (χ2v) is 14.0. The maximum atomic E-state index is 5.03. The summed E-state index contributed by atoms with van der Waals surface area (Å²) in [5, 5.41) is 13.5. The second-order valence-electron chi connectivity index (χ2n) is 14.0. The fourth-order valence-electron chi connectivity index (χ4n) is 8.10. The second kappa shape index (κ2) is 13.9. The van der Waals surface area contributed by atoms with Crippen molar-refractivity contribution in [3.8, 4) is 33.4 Å². The van der Waals surface area contributed by atoms with Crippen molar-refractivity contribution in [3.63, 3.8) is 0 Å². The normalized spacial score (nSPS) is 11.7. The molecule has 55 heavy (non-hydrogen) atoms. The van der Waals surface area contributed by atoms with Crippen LogP contribution in [0.25, 0.3) is 76.5 Å². The predicted molar refractivity (Wildman–Crippen MR) is 235 cm³/mol. The molecule has 0 saturated carbocycles. The van der Waals surface area contributed by atoms with Crippen LogP contribution in [0.3, 0.4) is 0 Å². The van der Waals surface area contributed by atoms with Crippen molar-refractivity contribution >= 4 is 60.3 Å². The third-order valence-corrected chi connectivity index (χ3v) is 10.7. The van der Waals surface area contributed by atoms with Gasteiger partial charge in [0.1, 0.15) is 5.84 Å². The van der Waals surface area contributed by atoms with Gasteiger partial charge in [-0.25, -0.2) is 4.99 Å². The van der Waals surface area contributed by atoms with Gasteiger partial charge in [0.05, 0.1) is 5.69 Å². The average molecular weight is 701 g/mol. The molecule has 0 aliphatic heterocycles. The van der Waals surface area contributed by atoms with E-state index in [0.717, 1.165) is 33.9 Å². The Morgan fingerprint density at radius 2 is 0.818 bits per heavy atom. The molecule has 2 heteroatoms. The van der Waals surface area contributed by atoms with Gasteiger partial charge in [0, 0.05) is 11.3 Å². The van der Waals surface area contributed by atoms with E-state index in [1.54, 1.807) is 0 Å². The number of aliphatic imine (C=N–C) groups is 1. The third-order valence-electron chi connectivity index (χ3n) is 10.7. The Labute approximate surface area is 320 Å². The third kappa shape index (κ3) is 6.00. The van der Waals surface area contributed by atoms with E-state index in [4.69, 9.17) is 4.99 Å². The minimum atomic E-state index is 0.798. The number of rotatable bonds is 6. The molecule has 0 saturated heterocycles. The van der Waals surface area contributed by atoms with E-state index in [9.17, 15) is 0 Å². The van der Waals surface area contributed by atoms with Crippen LogP contribution in [-0.4, -0.2) is 5.84 Å². The molecule has 0 radical (unpaired) electrons. The van der Waals surface area contributed by atoms with Crippen LogP contribution in [0.1, 0.15) is 5.56 Å². The van der Waals surface area contributed by atoms with Crippen molar-refractivity contribution in [2.24, 2.45) is 4.99 Å². The highest BCUT2D eigenvalue weighted by Gasteiger charge is 2.20. The van der Waals surface area contributed by atoms with E-state index in [0.29, 0.717) is 0 Å². The number of anilines is 1. The number of benzene rings is 10. The van der Waals surface area contributed by atoms with Crippen LogP contribution in [-0.2, 0) is 0 Å². The van der Waals surface area contributed by atoms with Crippen LogP contribution in [0.5, 0.6) is 0 Å². The maximum Gasteiger partial charge on any atom is 0.138 e. The minimum absolute atomic E-state index is 0.798. The Bertz CT molecular complexity index is 3030. The van der Waals surface area contributed by atoms with Gasteiger partial charge in [-0.1, -0.05) is 182 Å². The standard InChI is InChI=1S/C53H36N2/c1-3-19-41(20-4-1)54-53(55-42-21-5-2-6-22-42)39-31-29-36(30-32-39)40-33-34-49-50(35-40)52(46-28-14-18-38-16-8-10-24-44(38)46)48-26-12-11-25-47(48)51(49)45-27-13-17-37-15-7-9-23-43(37)45/h1-35H,(H,54,55). The number of amidine groups is 1. The fourth-order valence-corrected chi connectivity index (χ4v) is 8.10. The molecule has 0 aliphatic carbocycles. The maximum absolute atomic E-state index is 5.03. The monoisotopic (exact) mass is 700 g/mol. The molecule has 0 bridgehead atoms. The molecule has 1 N–H and O–H groups in total. The van der Waals surface area contributed by atoms with Crippen molar-refractivity contribution in [2.45, 2.75) is 0 Å². The lowest BCUT2D eigenvalue weighted by Gasteiger charge is -2.20. The molecule has 2 nitrogen and oxygen atoms in total. The van der Waals surface area contributed by atoms with Gasteiger partial charge in [-0.15, -0.1) is 0 Å². The molecule has 10 aromatic carbocycles. The lowest BCUT2D eigenvalue weighted by atomic mass is 9.83. The van der Waals surface area contributed by atoms with Crippen molar-refractivity contribution in [1.82, 2.24) is 0 Å². The van der Waals surface area contributed by atoms with Gasteiger partial charge in [-0.2, -0.15) is 0 Å². The summed E-state index contributed by atoms with van der Waals surface area (Å²) in [4.78, 5) is 5.03. The first-order chi connectivity index (χ1) is 27.3. The summed E-state index contributed by atoms with van der Waals surface area (Å²) in [5.74, 6) is 0.798. The zero-order chi connectivity index (χ0) is 36.6. The molecular weight excluding hydrogens is 665 g/mol. The van der Waals surface area contributed by atoms with Crippen molar-refractivity contribution in [3.05, 3.63) is 218 Å². The van der Waals surface area contributed by atoms with E-state index in [1.807, 2.05) is 48.5 Å². The first-order valence-corrected chi connectivity index (χ1v) is 18.8. The van der Waals surface area contributed by atoms with Crippen LogP contribution in [0, 0.1) is 0 Å². The summed E-state index contributed by atoms with van der Waals surface area (Å²) in [6.07, 6.45) is 0. The SMILES string of the molecule is c1ccc(N=C(Nc2ccccc2)c2ccc(-c3ccc4c(-c5cccc6ccccc56)c5ccccc5c(-c5cccc6ccccc56)c4c3)cc2)cc1. The number of nitrogens with one attached hydrogen (secondary N) is 1. The van der Waals surface area contributed by atoms with Gasteiger partial charge in [0.25, 0.3) is 0 Å². The molecule has 258 valence electrons. The van der Waals surface area contributed by atoms with Gasteiger partial charge < -0.3 is 5.32 Å². The molecule has 0 heterocycles.